The lowest BCUT2D eigenvalue weighted by molar-refractivity contribution is 0.0768. The van der Waals surface area contributed by atoms with Gasteiger partial charge in [-0.1, -0.05) is 26.0 Å². The van der Waals surface area contributed by atoms with Crippen LogP contribution in [0.5, 0.6) is 11.5 Å². The largest absolute Gasteiger partial charge is 0.490 e. The minimum Gasteiger partial charge on any atom is -0.490 e. The Hall–Kier alpha value is -1.70. The fourth-order valence-electron chi connectivity index (χ4n) is 3.26. The zero-order valence-electron chi connectivity index (χ0n) is 20.8. The number of hydrogen-bond donors (Lipinski definition) is 2. The number of rotatable bonds is 16. The smallest absolute Gasteiger partial charge is 0.362 e. The van der Waals surface area contributed by atoms with Gasteiger partial charge >= 0.3 is 15.2 Å². The fourth-order valence-corrected chi connectivity index (χ4v) is 5.73. The summed E-state index contributed by atoms with van der Waals surface area (Å²) in [5.74, 6) is 0.549. The van der Waals surface area contributed by atoms with E-state index in [-0.39, 0.29) is 61.7 Å². The first-order valence-corrected chi connectivity index (χ1v) is 14.9. The molecule has 0 aliphatic rings. The van der Waals surface area contributed by atoms with Gasteiger partial charge in [0.1, 0.15) is 35.3 Å². The molecule has 0 spiro atoms. The molecule has 2 atom stereocenters. The van der Waals surface area contributed by atoms with Gasteiger partial charge in [0.05, 0.1) is 26.4 Å². The third kappa shape index (κ3) is 8.72. The topological polar surface area (TPSA) is 121 Å². The van der Waals surface area contributed by atoms with Crippen LogP contribution >= 0.6 is 15.2 Å². The average molecular weight is 530 g/mol. The number of hydrogen-bond acceptors (Lipinski definition) is 7. The van der Waals surface area contributed by atoms with Crippen molar-refractivity contribution in [2.75, 3.05) is 39.6 Å². The van der Waals surface area contributed by atoms with Crippen LogP contribution in [0.4, 0.5) is 0 Å². The first-order chi connectivity index (χ1) is 16.7. The maximum atomic E-state index is 12.6. The Morgan fingerprint density at radius 2 is 1.06 bits per heavy atom. The van der Waals surface area contributed by atoms with Crippen LogP contribution in [0, 0.1) is 0 Å². The van der Waals surface area contributed by atoms with Crippen molar-refractivity contribution in [2.24, 2.45) is 0 Å². The van der Waals surface area contributed by atoms with Crippen LogP contribution in [0.3, 0.4) is 0 Å². The van der Waals surface area contributed by atoms with Gasteiger partial charge in [-0.3, -0.25) is 9.13 Å². The highest BCUT2D eigenvalue weighted by molar-refractivity contribution is 7.61. The molecule has 196 valence electrons. The molecule has 0 radical (unpaired) electrons. The van der Waals surface area contributed by atoms with Gasteiger partial charge in [0, 0.05) is 0 Å². The summed E-state index contributed by atoms with van der Waals surface area (Å²) < 4.78 is 52.1. The Labute approximate surface area is 207 Å². The summed E-state index contributed by atoms with van der Waals surface area (Å²) in [5, 5.41) is 0.264. The molecule has 0 heterocycles. The molecule has 0 saturated carbocycles. The molecule has 0 aromatic heterocycles. The Morgan fingerprint density at radius 1 is 0.657 bits per heavy atom. The highest BCUT2D eigenvalue weighted by atomic mass is 31.2. The molecule has 2 unspecified atom stereocenters. The van der Waals surface area contributed by atoms with E-state index >= 15 is 0 Å². The van der Waals surface area contributed by atoms with E-state index in [1.54, 1.807) is 38.1 Å². The van der Waals surface area contributed by atoms with Gasteiger partial charge in [0.25, 0.3) is 0 Å². The van der Waals surface area contributed by atoms with E-state index in [0.717, 1.165) is 11.1 Å². The van der Waals surface area contributed by atoms with Crippen LogP contribution in [-0.4, -0.2) is 49.4 Å². The fraction of sp³-hybridized carbons (Fsp3) is 0.500. The van der Waals surface area contributed by atoms with Crippen molar-refractivity contribution in [1.82, 2.24) is 0 Å². The van der Waals surface area contributed by atoms with Crippen LogP contribution in [0.25, 0.3) is 0 Å². The Balaban J connectivity index is 1.90. The van der Waals surface area contributed by atoms with Gasteiger partial charge < -0.3 is 33.0 Å². The molecule has 0 aliphatic carbocycles. The van der Waals surface area contributed by atoms with Gasteiger partial charge in [-0.2, -0.15) is 0 Å². The normalized spacial score (nSPS) is 14.8. The summed E-state index contributed by atoms with van der Waals surface area (Å²) in [5.41, 5.74) is 1.80. The molecular weight excluding hydrogens is 494 g/mol. The molecule has 2 rings (SSSR count). The predicted molar refractivity (Wildman–Crippen MR) is 136 cm³/mol. The summed E-state index contributed by atoms with van der Waals surface area (Å²) >= 11 is 0. The summed E-state index contributed by atoms with van der Waals surface area (Å²) in [6.45, 7) is 8.14. The van der Waals surface area contributed by atoms with Crippen LogP contribution in [0.2, 0.25) is 0 Å². The lowest BCUT2D eigenvalue weighted by Gasteiger charge is -2.18. The van der Waals surface area contributed by atoms with Crippen molar-refractivity contribution in [3.8, 4) is 11.5 Å². The molecule has 0 saturated heterocycles. The van der Waals surface area contributed by atoms with Crippen LogP contribution in [-0.2, 0) is 35.8 Å². The Morgan fingerprint density at radius 3 is 1.40 bits per heavy atom. The second-order valence-corrected chi connectivity index (χ2v) is 11.1. The minimum absolute atomic E-state index is 0.103. The van der Waals surface area contributed by atoms with E-state index < -0.39 is 15.2 Å². The molecule has 2 N–H and O–H groups in total. The third-order valence-electron chi connectivity index (χ3n) is 5.05. The molecule has 35 heavy (non-hydrogen) atoms. The Kier molecular flexibility index (Phi) is 11.9. The van der Waals surface area contributed by atoms with E-state index in [2.05, 4.69) is 0 Å². The maximum Gasteiger partial charge on any atom is 0.362 e. The molecule has 0 bridgehead atoms. The summed E-state index contributed by atoms with van der Waals surface area (Å²) in [6.07, 6.45) is 1.42. The van der Waals surface area contributed by atoms with E-state index in [1.807, 2.05) is 26.0 Å². The molecule has 0 aliphatic heterocycles. The molecule has 2 aromatic rings. The van der Waals surface area contributed by atoms with E-state index in [4.69, 9.17) is 23.3 Å². The van der Waals surface area contributed by atoms with Crippen LogP contribution in [0.15, 0.2) is 36.4 Å². The lowest BCUT2D eigenvalue weighted by Crippen LogP contribution is -2.18. The van der Waals surface area contributed by atoms with Gasteiger partial charge in [0.2, 0.25) is 0 Å². The molecular formula is C24H36O9P2. The van der Waals surface area contributed by atoms with Crippen molar-refractivity contribution in [3.63, 3.8) is 0 Å². The number of ether oxygens (including phenoxy) is 3. The summed E-state index contributed by atoms with van der Waals surface area (Å²) in [4.78, 5) is 20.5. The maximum absolute atomic E-state index is 12.6. The van der Waals surface area contributed by atoms with Gasteiger partial charge in [0.15, 0.2) is 0 Å². The molecule has 0 amide bonds. The lowest BCUT2D eigenvalue weighted by atomic mass is 10.2. The van der Waals surface area contributed by atoms with Gasteiger partial charge in [-0.15, -0.1) is 0 Å². The third-order valence-corrected chi connectivity index (χ3v) is 8.18. The first-order valence-electron chi connectivity index (χ1n) is 11.7. The summed E-state index contributed by atoms with van der Waals surface area (Å²) in [7, 11) is -7.98. The second kappa shape index (κ2) is 14.1. The zero-order chi connectivity index (χ0) is 25.9. The minimum atomic E-state index is -3.99. The van der Waals surface area contributed by atoms with Crippen LogP contribution in [0.1, 0.15) is 38.8 Å². The molecule has 9 nitrogen and oxygen atoms in total. The first kappa shape index (κ1) is 29.5. The average Bonchev–Trinajstić information content (AvgIpc) is 2.83. The number of benzene rings is 2. The SMILES string of the molecule is CCOP(=O)(O)c1cc(CC)ccc1OCCOCCOc1ccc(CC)cc1P(=O)(O)OCC. The zero-order valence-corrected chi connectivity index (χ0v) is 22.6. The second-order valence-electron chi connectivity index (χ2n) is 7.50. The van der Waals surface area contributed by atoms with Crippen molar-refractivity contribution in [3.05, 3.63) is 47.5 Å². The summed E-state index contributed by atoms with van der Waals surface area (Å²) in [6, 6.07) is 10.2. The molecule has 0 fully saturated rings. The van der Waals surface area contributed by atoms with Crippen molar-refractivity contribution >= 4 is 25.8 Å². The van der Waals surface area contributed by atoms with E-state index in [9.17, 15) is 18.9 Å². The van der Waals surface area contributed by atoms with Gasteiger partial charge in [-0.25, -0.2) is 0 Å². The van der Waals surface area contributed by atoms with Crippen molar-refractivity contribution in [1.29, 1.82) is 0 Å². The predicted octanol–water partition coefficient (Wildman–Crippen LogP) is 3.98. The van der Waals surface area contributed by atoms with Gasteiger partial charge in [-0.05, 0) is 62.1 Å². The van der Waals surface area contributed by atoms with E-state index in [0.29, 0.717) is 12.8 Å². The van der Waals surface area contributed by atoms with E-state index in [1.165, 1.54) is 0 Å². The van der Waals surface area contributed by atoms with Crippen LogP contribution < -0.4 is 20.1 Å². The standard InChI is InChI=1S/C24H36O9P2/c1-5-19-9-11-21(23(17-19)34(25,26)32-7-3)30-15-13-29-14-16-31-22-12-10-20(6-2)18-24(22)35(27,28)33-8-4/h9-12,17-18H,5-8,13-16H2,1-4H3,(H,25,26)(H,27,28). The van der Waals surface area contributed by atoms with Crippen molar-refractivity contribution < 1.29 is 42.2 Å². The highest BCUT2D eigenvalue weighted by Crippen LogP contribution is 2.44. The molecule has 2 aromatic carbocycles. The molecule has 11 heteroatoms. The monoisotopic (exact) mass is 530 g/mol. The quantitative estimate of drug-likeness (QED) is 0.245. The van der Waals surface area contributed by atoms with Crippen molar-refractivity contribution in [2.45, 2.75) is 40.5 Å². The number of aryl methyl sites for hydroxylation is 2. The highest BCUT2D eigenvalue weighted by Gasteiger charge is 2.28. The Bertz CT molecular complexity index is 960.